The molecule has 0 amide bonds. The predicted octanol–water partition coefficient (Wildman–Crippen LogP) is 5.96. The summed E-state index contributed by atoms with van der Waals surface area (Å²) >= 11 is 4.77. The van der Waals surface area contributed by atoms with E-state index in [0.717, 1.165) is 15.6 Å². The van der Waals surface area contributed by atoms with E-state index in [-0.39, 0.29) is 0 Å². The summed E-state index contributed by atoms with van der Waals surface area (Å²) in [6.45, 7) is 4.33. The van der Waals surface area contributed by atoms with Crippen LogP contribution >= 0.6 is 27.7 Å². The Morgan fingerprint density at radius 1 is 0.964 bits per heavy atom. The van der Waals surface area contributed by atoms with Crippen LogP contribution in [0.3, 0.4) is 0 Å². The average Bonchev–Trinajstić information content (AvgIpc) is 3.37. The SMILES string of the molecule is CC(C)c1ccc(-c2noc(CSc3nnc(-c4ccc(Br)cc4)o3)n2)cc1. The molecule has 2 aromatic carbocycles. The zero-order valence-electron chi connectivity index (χ0n) is 15.3. The Labute approximate surface area is 174 Å². The van der Waals surface area contributed by atoms with Crippen molar-refractivity contribution in [1.29, 1.82) is 0 Å². The van der Waals surface area contributed by atoms with E-state index in [4.69, 9.17) is 8.94 Å². The Balaban J connectivity index is 1.40. The normalized spacial score (nSPS) is 11.3. The summed E-state index contributed by atoms with van der Waals surface area (Å²) in [5.74, 6) is 2.51. The van der Waals surface area contributed by atoms with Gasteiger partial charge in [-0.05, 0) is 35.7 Å². The van der Waals surface area contributed by atoms with Gasteiger partial charge < -0.3 is 8.94 Å². The van der Waals surface area contributed by atoms with Crippen molar-refractivity contribution >= 4 is 27.7 Å². The van der Waals surface area contributed by atoms with Gasteiger partial charge in [-0.25, -0.2) is 0 Å². The van der Waals surface area contributed by atoms with Crippen LogP contribution in [0, 0.1) is 0 Å². The van der Waals surface area contributed by atoms with Gasteiger partial charge in [0.1, 0.15) is 0 Å². The fraction of sp³-hybridized carbons (Fsp3) is 0.200. The monoisotopic (exact) mass is 456 g/mol. The van der Waals surface area contributed by atoms with Crippen molar-refractivity contribution in [3.05, 3.63) is 64.5 Å². The zero-order chi connectivity index (χ0) is 19.5. The van der Waals surface area contributed by atoms with Crippen molar-refractivity contribution < 1.29 is 8.94 Å². The van der Waals surface area contributed by atoms with Gasteiger partial charge in [-0.2, -0.15) is 4.98 Å². The number of rotatable bonds is 6. The van der Waals surface area contributed by atoms with Gasteiger partial charge in [-0.15, -0.1) is 10.2 Å². The van der Waals surface area contributed by atoms with Crippen LogP contribution in [0.2, 0.25) is 0 Å². The zero-order valence-corrected chi connectivity index (χ0v) is 17.7. The van der Waals surface area contributed by atoms with Crippen LogP contribution in [0.25, 0.3) is 22.8 Å². The summed E-state index contributed by atoms with van der Waals surface area (Å²) in [6, 6.07) is 15.9. The van der Waals surface area contributed by atoms with Gasteiger partial charge in [-0.3, -0.25) is 0 Å². The van der Waals surface area contributed by atoms with Gasteiger partial charge >= 0.3 is 0 Å². The second-order valence-corrected chi connectivity index (χ2v) is 8.30. The van der Waals surface area contributed by atoms with E-state index in [0.29, 0.717) is 34.5 Å². The number of benzene rings is 2. The van der Waals surface area contributed by atoms with Gasteiger partial charge in [-0.1, -0.05) is 71.0 Å². The maximum atomic E-state index is 5.69. The van der Waals surface area contributed by atoms with Crippen LogP contribution in [0.4, 0.5) is 0 Å². The number of aromatic nitrogens is 4. The van der Waals surface area contributed by atoms with Crippen molar-refractivity contribution in [1.82, 2.24) is 20.3 Å². The minimum Gasteiger partial charge on any atom is -0.411 e. The van der Waals surface area contributed by atoms with Gasteiger partial charge in [0.25, 0.3) is 5.22 Å². The molecule has 4 rings (SSSR count). The second kappa shape index (κ2) is 8.28. The Morgan fingerprint density at radius 2 is 1.68 bits per heavy atom. The van der Waals surface area contributed by atoms with Gasteiger partial charge in [0.2, 0.25) is 17.6 Å². The molecule has 0 aliphatic carbocycles. The summed E-state index contributed by atoms with van der Waals surface area (Å²) in [6.07, 6.45) is 0. The lowest BCUT2D eigenvalue weighted by Gasteiger charge is -2.04. The number of thioether (sulfide) groups is 1. The summed E-state index contributed by atoms with van der Waals surface area (Å²) in [5, 5.41) is 12.7. The fourth-order valence-electron chi connectivity index (χ4n) is 2.55. The third-order valence-electron chi connectivity index (χ3n) is 4.12. The molecule has 0 unspecified atom stereocenters. The number of halogens is 1. The molecule has 2 aromatic heterocycles. The molecule has 0 aliphatic heterocycles. The lowest BCUT2D eigenvalue weighted by molar-refractivity contribution is 0.391. The van der Waals surface area contributed by atoms with Crippen molar-refractivity contribution in [2.24, 2.45) is 0 Å². The first kappa shape index (κ1) is 18.9. The molecule has 6 nitrogen and oxygen atoms in total. The Morgan fingerprint density at radius 3 is 2.39 bits per heavy atom. The lowest BCUT2D eigenvalue weighted by Crippen LogP contribution is -1.88. The van der Waals surface area contributed by atoms with E-state index >= 15 is 0 Å². The highest BCUT2D eigenvalue weighted by atomic mass is 79.9. The largest absolute Gasteiger partial charge is 0.411 e. The van der Waals surface area contributed by atoms with Gasteiger partial charge in [0, 0.05) is 15.6 Å². The van der Waals surface area contributed by atoms with Crippen LogP contribution in [-0.4, -0.2) is 20.3 Å². The van der Waals surface area contributed by atoms with Gasteiger partial charge in [0.05, 0.1) is 5.75 Å². The number of nitrogens with zero attached hydrogens (tertiary/aromatic N) is 4. The maximum Gasteiger partial charge on any atom is 0.277 e. The van der Waals surface area contributed by atoms with E-state index < -0.39 is 0 Å². The fourth-order valence-corrected chi connectivity index (χ4v) is 3.41. The minimum atomic E-state index is 0.457. The molecule has 0 saturated heterocycles. The molecule has 0 spiro atoms. The molecule has 0 fully saturated rings. The van der Waals surface area contributed by atoms with Crippen LogP contribution < -0.4 is 0 Å². The van der Waals surface area contributed by atoms with E-state index in [2.05, 4.69) is 62.2 Å². The molecule has 28 heavy (non-hydrogen) atoms. The quantitative estimate of drug-likeness (QED) is 0.330. The topological polar surface area (TPSA) is 77.8 Å². The number of hydrogen-bond acceptors (Lipinski definition) is 7. The number of hydrogen-bond donors (Lipinski definition) is 0. The summed E-state index contributed by atoms with van der Waals surface area (Å²) in [5.41, 5.74) is 3.08. The standard InChI is InChI=1S/C20H17BrN4O2S/c1-12(2)13-3-5-14(6-4-13)18-22-17(27-25-18)11-28-20-24-23-19(26-20)15-7-9-16(21)10-8-15/h3-10,12H,11H2,1-2H3. The highest BCUT2D eigenvalue weighted by Gasteiger charge is 2.13. The third-order valence-corrected chi connectivity index (χ3v) is 5.45. The minimum absolute atomic E-state index is 0.457. The summed E-state index contributed by atoms with van der Waals surface area (Å²) in [7, 11) is 0. The van der Waals surface area contributed by atoms with Crippen molar-refractivity contribution in [3.8, 4) is 22.8 Å². The molecule has 0 aliphatic rings. The van der Waals surface area contributed by atoms with Crippen molar-refractivity contribution in [2.45, 2.75) is 30.7 Å². The molecule has 8 heteroatoms. The second-order valence-electron chi connectivity index (χ2n) is 6.46. The maximum absolute atomic E-state index is 5.69. The molecular weight excluding hydrogens is 440 g/mol. The molecule has 142 valence electrons. The molecule has 0 N–H and O–H groups in total. The first-order valence-corrected chi connectivity index (χ1v) is 10.5. The molecule has 0 atom stereocenters. The first-order chi connectivity index (χ1) is 13.6. The summed E-state index contributed by atoms with van der Waals surface area (Å²) < 4.78 is 12.0. The van der Waals surface area contributed by atoms with E-state index in [1.54, 1.807) is 0 Å². The molecular formula is C20H17BrN4O2S. The molecule has 0 saturated carbocycles. The smallest absolute Gasteiger partial charge is 0.277 e. The van der Waals surface area contributed by atoms with Gasteiger partial charge in [0.15, 0.2) is 0 Å². The molecule has 2 heterocycles. The lowest BCUT2D eigenvalue weighted by atomic mass is 10.0. The highest BCUT2D eigenvalue weighted by molar-refractivity contribution is 9.10. The van der Waals surface area contributed by atoms with Crippen molar-refractivity contribution in [3.63, 3.8) is 0 Å². The molecule has 4 aromatic rings. The summed E-state index contributed by atoms with van der Waals surface area (Å²) in [4.78, 5) is 4.45. The van der Waals surface area contributed by atoms with E-state index in [1.807, 2.05) is 36.4 Å². The van der Waals surface area contributed by atoms with Crippen LogP contribution in [0.1, 0.15) is 31.2 Å². The Hall–Kier alpha value is -2.45. The third kappa shape index (κ3) is 4.34. The Kier molecular flexibility index (Phi) is 5.59. The Bertz CT molecular complexity index is 1060. The van der Waals surface area contributed by atoms with Crippen molar-refractivity contribution in [2.75, 3.05) is 0 Å². The predicted molar refractivity (Wildman–Crippen MR) is 111 cm³/mol. The van der Waals surface area contributed by atoms with E-state index in [9.17, 15) is 0 Å². The molecule has 0 bridgehead atoms. The van der Waals surface area contributed by atoms with Crippen LogP contribution in [0.5, 0.6) is 0 Å². The van der Waals surface area contributed by atoms with Crippen LogP contribution in [-0.2, 0) is 5.75 Å². The van der Waals surface area contributed by atoms with E-state index in [1.165, 1.54) is 17.3 Å². The molecule has 0 radical (unpaired) electrons. The van der Waals surface area contributed by atoms with Crippen LogP contribution in [0.15, 0.2) is 67.2 Å². The average molecular weight is 457 g/mol. The highest BCUT2D eigenvalue weighted by Crippen LogP contribution is 2.27. The first-order valence-electron chi connectivity index (χ1n) is 8.73.